The summed E-state index contributed by atoms with van der Waals surface area (Å²) in [4.78, 5) is 14.5. The first kappa shape index (κ1) is 46.1. The molecule has 0 saturated carbocycles. The van der Waals surface area contributed by atoms with Crippen LogP contribution in [0.25, 0.3) is 5.52 Å². The van der Waals surface area contributed by atoms with Crippen molar-refractivity contribution in [1.29, 1.82) is 10.5 Å². The number of aliphatic hydroxyl groups excluding tert-OH is 2. The molecule has 314 valence electrons. The second kappa shape index (κ2) is 23.1. The monoisotopic (exact) mass is 822 g/mol. The van der Waals surface area contributed by atoms with E-state index >= 15 is 0 Å². The number of nitrogens with zero attached hydrogens (tertiary/aromatic N) is 5. The van der Waals surface area contributed by atoms with E-state index in [2.05, 4.69) is 10.1 Å². The summed E-state index contributed by atoms with van der Waals surface area (Å²) < 4.78 is 75.1. The summed E-state index contributed by atoms with van der Waals surface area (Å²) in [6, 6.07) is 10.6. The number of benzene rings is 1. The van der Waals surface area contributed by atoms with E-state index in [0.29, 0.717) is 30.3 Å². The highest BCUT2D eigenvalue weighted by molar-refractivity contribution is 7.47. The molecule has 0 bridgehead atoms. The van der Waals surface area contributed by atoms with Crippen molar-refractivity contribution in [3.63, 3.8) is 0 Å². The highest BCUT2D eigenvalue weighted by Gasteiger charge is 2.57. The van der Waals surface area contributed by atoms with E-state index in [0.717, 1.165) is 76.7 Å². The standard InChI is InChI=1S/C39H54F3N6O8P/c40-30-20-28(22-43)19-29(21-30)23-53-31(15-13-11-9-7-5-3-1-2-4-6-8-10-12-14-16-34(41)42)24-54-57(51,52)55-26-39(25-44)37(50)35(49)36(56-39)32-17-18-33-38(45)46-27-47-48(32)33/h17-21,27,31,34-37,49-50H,1-16,23-24,26H2,(H,51,52)(H2,45,46,47)/t31-,35+,36+,37+,39-/m1/s1. The van der Waals surface area contributed by atoms with E-state index in [4.69, 9.17) is 24.3 Å². The Kier molecular flexibility index (Phi) is 18.6. The third-order valence-corrected chi connectivity index (χ3v) is 11.0. The zero-order chi connectivity index (χ0) is 41.3. The average Bonchev–Trinajstić information content (AvgIpc) is 3.73. The number of unbranched alkanes of at least 4 members (excludes halogenated alkanes) is 13. The Morgan fingerprint density at radius 2 is 1.54 bits per heavy atom. The first-order valence-electron chi connectivity index (χ1n) is 19.6. The summed E-state index contributed by atoms with van der Waals surface area (Å²) in [5.41, 5.74) is 4.78. The molecule has 0 radical (unpaired) electrons. The maximum absolute atomic E-state index is 14.1. The second-order valence-corrected chi connectivity index (χ2v) is 16.0. The predicted octanol–water partition coefficient (Wildman–Crippen LogP) is 7.60. The summed E-state index contributed by atoms with van der Waals surface area (Å²) >= 11 is 0. The van der Waals surface area contributed by atoms with Gasteiger partial charge in [0.2, 0.25) is 12.0 Å². The van der Waals surface area contributed by atoms with E-state index in [1.165, 1.54) is 35.5 Å². The third kappa shape index (κ3) is 14.3. The lowest BCUT2D eigenvalue weighted by Crippen LogP contribution is -2.45. The van der Waals surface area contributed by atoms with Gasteiger partial charge < -0.3 is 30.3 Å². The number of fused-ring (bicyclic) bond motifs is 1. The summed E-state index contributed by atoms with van der Waals surface area (Å²) in [7, 11) is -4.89. The van der Waals surface area contributed by atoms with Gasteiger partial charge in [-0.15, -0.1) is 0 Å². The van der Waals surface area contributed by atoms with Gasteiger partial charge in [0.05, 0.1) is 36.6 Å². The topological polar surface area (TPSA) is 218 Å². The van der Waals surface area contributed by atoms with Gasteiger partial charge in [-0.25, -0.2) is 27.2 Å². The van der Waals surface area contributed by atoms with Gasteiger partial charge in [0.25, 0.3) is 0 Å². The molecule has 3 heterocycles. The van der Waals surface area contributed by atoms with Crippen LogP contribution in [-0.2, 0) is 29.7 Å². The maximum Gasteiger partial charge on any atom is 0.472 e. The van der Waals surface area contributed by atoms with Crippen molar-refractivity contribution in [2.24, 2.45) is 0 Å². The van der Waals surface area contributed by atoms with Gasteiger partial charge >= 0.3 is 7.82 Å². The number of ether oxygens (including phenoxy) is 2. The minimum atomic E-state index is -4.89. The van der Waals surface area contributed by atoms with Crippen LogP contribution in [0.3, 0.4) is 0 Å². The lowest BCUT2D eigenvalue weighted by molar-refractivity contribution is -0.0763. The van der Waals surface area contributed by atoms with Gasteiger partial charge in [0, 0.05) is 6.42 Å². The van der Waals surface area contributed by atoms with Crippen molar-refractivity contribution >= 4 is 19.2 Å². The first-order chi connectivity index (χ1) is 27.4. The Morgan fingerprint density at radius 1 is 0.930 bits per heavy atom. The average molecular weight is 823 g/mol. The molecule has 1 aliphatic heterocycles. The number of nitrogens with two attached hydrogens (primary N) is 1. The lowest BCUT2D eigenvalue weighted by Gasteiger charge is -2.26. The van der Waals surface area contributed by atoms with Gasteiger partial charge in [0.1, 0.15) is 48.6 Å². The minimum absolute atomic E-state index is 0.000286. The fourth-order valence-electron chi connectivity index (χ4n) is 6.89. The Balaban J connectivity index is 1.23. The molecule has 0 aliphatic carbocycles. The number of aliphatic hydroxyl groups is 2. The number of nitrogen functional groups attached to an aromatic ring is 1. The van der Waals surface area contributed by atoms with Crippen molar-refractivity contribution in [2.45, 2.75) is 146 Å². The molecule has 1 saturated heterocycles. The Bertz CT molecular complexity index is 1830. The molecule has 14 nitrogen and oxygen atoms in total. The number of hydrogen-bond acceptors (Lipinski definition) is 12. The van der Waals surface area contributed by atoms with Crippen molar-refractivity contribution in [3.8, 4) is 12.1 Å². The van der Waals surface area contributed by atoms with Crippen LogP contribution < -0.4 is 5.73 Å². The number of aromatic nitrogens is 3. The van der Waals surface area contributed by atoms with Gasteiger partial charge in [-0.1, -0.05) is 83.5 Å². The van der Waals surface area contributed by atoms with Crippen LogP contribution in [0.2, 0.25) is 0 Å². The van der Waals surface area contributed by atoms with Gasteiger partial charge in [0.15, 0.2) is 5.82 Å². The molecule has 2 aromatic heterocycles. The van der Waals surface area contributed by atoms with Crippen LogP contribution in [0.1, 0.15) is 126 Å². The number of hydrogen-bond donors (Lipinski definition) is 4. The van der Waals surface area contributed by atoms with E-state index in [1.807, 2.05) is 6.07 Å². The van der Waals surface area contributed by atoms with E-state index in [-0.39, 0.29) is 30.1 Å². The predicted molar refractivity (Wildman–Crippen MR) is 203 cm³/mol. The molecule has 0 amide bonds. The minimum Gasteiger partial charge on any atom is -0.387 e. The number of phosphoric acid groups is 1. The van der Waals surface area contributed by atoms with Gasteiger partial charge in [-0.05, 0) is 48.7 Å². The molecule has 57 heavy (non-hydrogen) atoms. The Hall–Kier alpha value is -3.64. The second-order valence-electron chi connectivity index (χ2n) is 14.5. The van der Waals surface area contributed by atoms with Crippen molar-refractivity contribution in [3.05, 3.63) is 59.3 Å². The molecule has 5 N–H and O–H groups in total. The SMILES string of the molecule is N#Cc1cc(F)cc(CO[C@H](CCCCCCCCCCCCCCCCC(F)F)COP(=O)(O)OC[C@@]2(C#N)O[C@@H](c3ccc4c(N)ncnn34)[C@H](O)[C@@H]2O)c1. The number of rotatable bonds is 27. The maximum atomic E-state index is 14.1. The molecule has 3 aromatic rings. The number of nitriles is 2. The summed E-state index contributed by atoms with van der Waals surface area (Å²) in [6.07, 6.45) is 7.96. The highest BCUT2D eigenvalue weighted by atomic mass is 31.2. The van der Waals surface area contributed by atoms with Crippen LogP contribution in [0.4, 0.5) is 19.0 Å². The fraction of sp³-hybridized carbons (Fsp3) is 0.641. The molecular formula is C39H54F3N6O8P. The summed E-state index contributed by atoms with van der Waals surface area (Å²) in [5.74, 6) is -0.458. The van der Waals surface area contributed by atoms with Gasteiger partial charge in [-0.3, -0.25) is 9.05 Å². The quantitative estimate of drug-likeness (QED) is 0.0431. The van der Waals surface area contributed by atoms with E-state index < -0.39 is 63.3 Å². The molecule has 0 spiro atoms. The normalized spacial score (nSPS) is 21.1. The molecule has 4 rings (SSSR count). The van der Waals surface area contributed by atoms with E-state index in [9.17, 15) is 43.4 Å². The molecule has 18 heteroatoms. The lowest BCUT2D eigenvalue weighted by atomic mass is 9.96. The number of phosphoric ester groups is 1. The Labute approximate surface area is 331 Å². The highest BCUT2D eigenvalue weighted by Crippen LogP contribution is 2.48. The molecule has 1 unspecified atom stereocenters. The zero-order valence-electron chi connectivity index (χ0n) is 32.1. The zero-order valence-corrected chi connectivity index (χ0v) is 33.0. The smallest absolute Gasteiger partial charge is 0.387 e. The summed E-state index contributed by atoms with van der Waals surface area (Å²) in [6.45, 7) is -1.45. The first-order valence-corrected chi connectivity index (χ1v) is 21.1. The van der Waals surface area contributed by atoms with Crippen LogP contribution in [-0.4, -0.2) is 73.3 Å². The molecule has 1 aliphatic rings. The van der Waals surface area contributed by atoms with Crippen molar-refractivity contribution in [2.75, 3.05) is 18.9 Å². The number of halogens is 3. The summed E-state index contributed by atoms with van der Waals surface area (Å²) in [5, 5.41) is 45.1. The van der Waals surface area contributed by atoms with Crippen molar-refractivity contribution in [1.82, 2.24) is 14.6 Å². The number of alkyl halides is 2. The van der Waals surface area contributed by atoms with Crippen LogP contribution in [0, 0.1) is 28.5 Å². The fourth-order valence-corrected chi connectivity index (χ4v) is 7.67. The number of anilines is 1. The largest absolute Gasteiger partial charge is 0.472 e. The van der Waals surface area contributed by atoms with Crippen molar-refractivity contribution < 1.29 is 51.4 Å². The van der Waals surface area contributed by atoms with Gasteiger partial charge in [-0.2, -0.15) is 15.6 Å². The molecular weight excluding hydrogens is 768 g/mol. The molecule has 1 fully saturated rings. The van der Waals surface area contributed by atoms with Crippen LogP contribution in [0.15, 0.2) is 36.7 Å². The third-order valence-electron chi connectivity index (χ3n) is 10.1. The molecule has 1 aromatic carbocycles. The van der Waals surface area contributed by atoms with Crippen LogP contribution in [0.5, 0.6) is 0 Å². The van der Waals surface area contributed by atoms with E-state index in [1.54, 1.807) is 12.1 Å². The Morgan fingerprint density at radius 3 is 2.14 bits per heavy atom. The molecule has 6 atom stereocenters. The van der Waals surface area contributed by atoms with Crippen LogP contribution >= 0.6 is 7.82 Å².